The first-order valence-electron chi connectivity index (χ1n) is 8.24. The number of aromatic nitrogens is 4. The summed E-state index contributed by atoms with van der Waals surface area (Å²) in [5.41, 5.74) is 4.42. The Morgan fingerprint density at radius 2 is 2.00 bits per heavy atom. The summed E-state index contributed by atoms with van der Waals surface area (Å²) in [5.74, 6) is 2.86. The summed E-state index contributed by atoms with van der Waals surface area (Å²) >= 11 is 0. The van der Waals surface area contributed by atoms with E-state index in [1.54, 1.807) is 0 Å². The average Bonchev–Trinajstić information content (AvgIpc) is 3.19. The van der Waals surface area contributed by atoms with Gasteiger partial charge in [0.25, 0.3) is 0 Å². The summed E-state index contributed by atoms with van der Waals surface area (Å²) in [5, 5.41) is 4.59. The van der Waals surface area contributed by atoms with Crippen LogP contribution in [0.1, 0.15) is 19.5 Å². The third-order valence-electron chi connectivity index (χ3n) is 4.29. The van der Waals surface area contributed by atoms with Crippen LogP contribution in [0.4, 0.5) is 0 Å². The fraction of sp³-hybridized carbons (Fsp3) is 0.238. The van der Waals surface area contributed by atoms with Crippen molar-refractivity contribution in [2.24, 2.45) is 0 Å². The van der Waals surface area contributed by atoms with Gasteiger partial charge in [-0.25, -0.2) is 4.98 Å². The van der Waals surface area contributed by atoms with Crippen LogP contribution in [-0.2, 0) is 12.1 Å². The number of hydrogen-bond acceptors (Lipinski definition) is 2. The number of hydrogen-bond donors (Lipinski definition) is 0. The zero-order valence-electron chi connectivity index (χ0n) is 14.9. The molecular formula is C21H22N4. The van der Waals surface area contributed by atoms with Crippen molar-refractivity contribution in [3.63, 3.8) is 0 Å². The zero-order chi connectivity index (χ0) is 18.0. The predicted octanol–water partition coefficient (Wildman–Crippen LogP) is 4.28. The second kappa shape index (κ2) is 6.45. The molecule has 4 nitrogen and oxygen atoms in total. The Morgan fingerprint density at radius 3 is 2.64 bits per heavy atom. The minimum absolute atomic E-state index is 0.498. The van der Waals surface area contributed by atoms with Gasteiger partial charge in [-0.05, 0) is 20.8 Å². The molecule has 0 N–H and O–H groups in total. The van der Waals surface area contributed by atoms with Crippen molar-refractivity contribution in [2.45, 2.75) is 32.9 Å². The van der Waals surface area contributed by atoms with E-state index in [-0.39, 0.29) is 0 Å². The number of benzene rings is 1. The molecule has 2 heterocycles. The second-order valence-corrected chi connectivity index (χ2v) is 6.52. The maximum atomic E-state index is 5.79. The van der Waals surface area contributed by atoms with E-state index >= 15 is 0 Å². The minimum atomic E-state index is -0.498. The number of aryl methyl sites for hydroxylation is 1. The van der Waals surface area contributed by atoms with Gasteiger partial charge in [-0.2, -0.15) is 5.10 Å². The van der Waals surface area contributed by atoms with Crippen molar-refractivity contribution in [1.82, 2.24) is 19.3 Å². The highest BCUT2D eigenvalue weighted by Crippen LogP contribution is 2.36. The lowest BCUT2D eigenvalue weighted by Gasteiger charge is -2.23. The van der Waals surface area contributed by atoms with Crippen LogP contribution in [0.5, 0.6) is 0 Å². The first kappa shape index (κ1) is 16.8. The summed E-state index contributed by atoms with van der Waals surface area (Å²) in [6.07, 6.45) is 11.5. The van der Waals surface area contributed by atoms with Crippen molar-refractivity contribution < 1.29 is 0 Å². The Labute approximate surface area is 148 Å². The molecule has 2 aromatic heterocycles. The molecule has 3 aromatic rings. The first-order chi connectivity index (χ1) is 12.0. The highest BCUT2D eigenvalue weighted by Gasteiger charge is 2.26. The van der Waals surface area contributed by atoms with E-state index in [9.17, 15) is 0 Å². The quantitative estimate of drug-likeness (QED) is 0.517. The van der Waals surface area contributed by atoms with Crippen molar-refractivity contribution >= 4 is 0 Å². The van der Waals surface area contributed by atoms with Gasteiger partial charge in [-0.3, -0.25) is 4.68 Å². The number of rotatable bonds is 5. The Balaban J connectivity index is 2.28. The van der Waals surface area contributed by atoms with Gasteiger partial charge in [0.2, 0.25) is 0 Å². The van der Waals surface area contributed by atoms with Gasteiger partial charge in [0.05, 0.1) is 30.0 Å². The summed E-state index contributed by atoms with van der Waals surface area (Å²) in [6.45, 7) is 10.5. The normalized spacial score (nSPS) is 11.3. The van der Waals surface area contributed by atoms with E-state index < -0.39 is 5.54 Å². The molecule has 1 aromatic carbocycles. The molecule has 4 heteroatoms. The first-order valence-corrected chi connectivity index (χ1v) is 8.24. The summed E-state index contributed by atoms with van der Waals surface area (Å²) in [7, 11) is 0. The standard InChI is InChI=1S/C21H22N4/c1-6-13-24-14-18(16(3)23-24)20-19(17-11-9-8-10-12-17)22-15-25(20)21(4,5)7-2/h2,6,8-12,14-15H,1,13H2,3-5H3. The van der Waals surface area contributed by atoms with E-state index in [1.807, 2.05) is 62.3 Å². The van der Waals surface area contributed by atoms with Crippen LogP contribution in [0.2, 0.25) is 0 Å². The van der Waals surface area contributed by atoms with Crippen molar-refractivity contribution in [3.8, 4) is 34.9 Å². The van der Waals surface area contributed by atoms with Gasteiger partial charge < -0.3 is 4.57 Å². The Morgan fingerprint density at radius 1 is 1.28 bits per heavy atom. The van der Waals surface area contributed by atoms with Crippen LogP contribution in [0.15, 0.2) is 55.5 Å². The van der Waals surface area contributed by atoms with Gasteiger partial charge in [0.15, 0.2) is 0 Å². The molecule has 0 bridgehead atoms. The van der Waals surface area contributed by atoms with Crippen LogP contribution in [-0.4, -0.2) is 19.3 Å². The Hall–Kier alpha value is -3.06. The minimum Gasteiger partial charge on any atom is -0.313 e. The van der Waals surface area contributed by atoms with Gasteiger partial charge in [0, 0.05) is 17.3 Å². The molecule has 0 aliphatic heterocycles. The molecule has 0 aliphatic carbocycles. The van der Waals surface area contributed by atoms with E-state index in [4.69, 9.17) is 6.42 Å². The molecule has 3 rings (SSSR count). The van der Waals surface area contributed by atoms with Crippen molar-refractivity contribution in [2.75, 3.05) is 0 Å². The van der Waals surface area contributed by atoms with Crippen LogP contribution in [0.25, 0.3) is 22.5 Å². The van der Waals surface area contributed by atoms with Crippen LogP contribution < -0.4 is 0 Å². The lowest BCUT2D eigenvalue weighted by molar-refractivity contribution is 0.479. The molecule has 0 atom stereocenters. The summed E-state index contributed by atoms with van der Waals surface area (Å²) in [4.78, 5) is 4.68. The third kappa shape index (κ3) is 3.01. The number of terminal acetylenes is 1. The lowest BCUT2D eigenvalue weighted by atomic mass is 10.0. The predicted molar refractivity (Wildman–Crippen MR) is 102 cm³/mol. The number of nitrogens with zero attached hydrogens (tertiary/aromatic N) is 4. The molecule has 0 amide bonds. The molecule has 0 radical (unpaired) electrons. The molecule has 0 unspecified atom stereocenters. The van der Waals surface area contributed by atoms with Gasteiger partial charge in [0.1, 0.15) is 5.54 Å². The molecule has 126 valence electrons. The Bertz CT molecular complexity index is 936. The third-order valence-corrected chi connectivity index (χ3v) is 4.29. The highest BCUT2D eigenvalue weighted by molar-refractivity contribution is 5.79. The lowest BCUT2D eigenvalue weighted by Crippen LogP contribution is -2.24. The number of imidazole rings is 1. The fourth-order valence-electron chi connectivity index (χ4n) is 2.88. The topological polar surface area (TPSA) is 35.6 Å². The Kier molecular flexibility index (Phi) is 4.33. The van der Waals surface area contributed by atoms with Crippen LogP contribution >= 0.6 is 0 Å². The monoisotopic (exact) mass is 330 g/mol. The molecule has 0 saturated carbocycles. The van der Waals surface area contributed by atoms with Crippen molar-refractivity contribution in [1.29, 1.82) is 0 Å². The van der Waals surface area contributed by atoms with Crippen LogP contribution in [0.3, 0.4) is 0 Å². The van der Waals surface area contributed by atoms with Gasteiger partial charge in [-0.1, -0.05) is 42.3 Å². The van der Waals surface area contributed by atoms with E-state index in [0.717, 1.165) is 28.2 Å². The summed E-state index contributed by atoms with van der Waals surface area (Å²) < 4.78 is 3.93. The van der Waals surface area contributed by atoms with Gasteiger partial charge >= 0.3 is 0 Å². The van der Waals surface area contributed by atoms with E-state index in [2.05, 4.69) is 39.3 Å². The van der Waals surface area contributed by atoms with E-state index in [1.165, 1.54) is 0 Å². The molecule has 0 aliphatic rings. The molecule has 0 fully saturated rings. The average molecular weight is 330 g/mol. The summed E-state index contributed by atoms with van der Waals surface area (Å²) in [6, 6.07) is 10.1. The maximum Gasteiger partial charge on any atom is 0.101 e. The molecular weight excluding hydrogens is 308 g/mol. The smallest absolute Gasteiger partial charge is 0.101 e. The van der Waals surface area contributed by atoms with Crippen molar-refractivity contribution in [3.05, 3.63) is 61.2 Å². The maximum absolute atomic E-state index is 5.79. The molecule has 0 spiro atoms. The molecule has 25 heavy (non-hydrogen) atoms. The SMILES string of the molecule is C#CC(C)(C)n1cnc(-c2ccccc2)c1-c1cn(CC=C)nc1C. The van der Waals surface area contributed by atoms with E-state index in [0.29, 0.717) is 6.54 Å². The van der Waals surface area contributed by atoms with Crippen LogP contribution in [0, 0.1) is 19.3 Å². The zero-order valence-corrected chi connectivity index (χ0v) is 14.9. The number of allylic oxidation sites excluding steroid dienone is 1. The largest absolute Gasteiger partial charge is 0.313 e. The molecule has 0 saturated heterocycles. The second-order valence-electron chi connectivity index (χ2n) is 6.52. The fourth-order valence-corrected chi connectivity index (χ4v) is 2.88. The highest BCUT2D eigenvalue weighted by atomic mass is 15.3. The van der Waals surface area contributed by atoms with Gasteiger partial charge in [-0.15, -0.1) is 13.0 Å².